The summed E-state index contributed by atoms with van der Waals surface area (Å²) in [5.74, 6) is -0.458. The molecule has 0 aliphatic carbocycles. The Labute approximate surface area is 515 Å². The molecule has 0 radical (unpaired) electrons. The van der Waals surface area contributed by atoms with Crippen LogP contribution in [0.2, 0.25) is 0 Å². The number of ether oxygens (including phenoxy) is 3. The Morgan fingerprint density at radius 2 is 1.03 bits per heavy atom. The minimum atomic E-state index is -5.01. The van der Waals surface area contributed by atoms with Crippen LogP contribution in [0.1, 0.15) is 90.2 Å². The molecule has 0 atom stereocenters. The third-order valence-electron chi connectivity index (χ3n) is 12.4. The molecule has 0 unspecified atom stereocenters. The number of aliphatic hydroxyl groups is 4. The molecule has 0 bridgehead atoms. The van der Waals surface area contributed by atoms with Gasteiger partial charge in [0, 0.05) is 93.5 Å². The molecule has 2 amide bonds. The summed E-state index contributed by atoms with van der Waals surface area (Å²) in [5.41, 5.74) is 1.24. The predicted octanol–water partition coefficient (Wildman–Crippen LogP) is 4.78. The average Bonchev–Trinajstić information content (AvgIpc) is 2.64. The number of aromatic nitrogens is 6. The molecule has 29 nitrogen and oxygen atoms in total. The number of aliphatic hydroxyl groups excluding tert-OH is 4. The van der Waals surface area contributed by atoms with Crippen LogP contribution in [-0.2, 0) is 40.9 Å². The van der Waals surface area contributed by atoms with Gasteiger partial charge in [0.1, 0.15) is 21.2 Å². The Morgan fingerprint density at radius 1 is 0.562 bits per heavy atom. The molecule has 0 spiro atoms. The molecule has 0 saturated heterocycles. The Morgan fingerprint density at radius 3 is 1.56 bits per heavy atom. The highest BCUT2D eigenvalue weighted by Gasteiger charge is 2.22. The third-order valence-corrected chi connectivity index (χ3v) is 14.2. The average molecular weight is 1270 g/mol. The van der Waals surface area contributed by atoms with Crippen molar-refractivity contribution in [2.24, 2.45) is 0 Å². The van der Waals surface area contributed by atoms with Gasteiger partial charge in [0.25, 0.3) is 26.1 Å². The smallest absolute Gasteiger partial charge is 0.407 e. The molecule has 0 aliphatic rings. The minimum Gasteiger partial charge on any atom is -0.444 e. The number of hydrogen-bond donors (Lipinski definition) is 11. The summed E-state index contributed by atoms with van der Waals surface area (Å²) in [5, 5.41) is 53.6. The van der Waals surface area contributed by atoms with Gasteiger partial charge in [-0.2, -0.15) is 46.7 Å². The lowest BCUT2D eigenvalue weighted by atomic mass is 10.1. The number of carbonyl (C=O) groups excluding carboxylic acids is 3. The van der Waals surface area contributed by atoms with Crippen LogP contribution in [-0.4, -0.2) is 192 Å². The molecule has 6 rings (SSSR count). The van der Waals surface area contributed by atoms with Crippen molar-refractivity contribution in [3.63, 3.8) is 0 Å². The van der Waals surface area contributed by atoms with Gasteiger partial charge in [0.05, 0.1) is 39.6 Å². The van der Waals surface area contributed by atoms with Crippen molar-refractivity contribution >= 4 is 97.0 Å². The van der Waals surface area contributed by atoms with E-state index in [2.05, 4.69) is 56.5 Å². The molecule has 2 heterocycles. The second-order valence-corrected chi connectivity index (χ2v) is 23.4. The largest absolute Gasteiger partial charge is 0.444 e. The molecule has 89 heavy (non-hydrogen) atoms. The van der Waals surface area contributed by atoms with Crippen molar-refractivity contribution < 1.29 is 75.0 Å². The lowest BCUT2D eigenvalue weighted by Gasteiger charge is -2.21. The van der Waals surface area contributed by atoms with Gasteiger partial charge in [-0.15, -0.1) is 0 Å². The summed E-state index contributed by atoms with van der Waals surface area (Å²) in [6, 6.07) is 20.7. The molecule has 31 heteroatoms. The molecule has 6 aromatic rings. The molecule has 2 aromatic heterocycles. The van der Waals surface area contributed by atoms with Crippen LogP contribution in [0.5, 0.6) is 0 Å². The number of rotatable bonds is 36. The normalized spacial score (nSPS) is 11.8. The van der Waals surface area contributed by atoms with Gasteiger partial charge >= 0.3 is 6.09 Å². The van der Waals surface area contributed by atoms with E-state index >= 15 is 0 Å². The van der Waals surface area contributed by atoms with Crippen LogP contribution in [0.15, 0.2) is 94.7 Å². The summed E-state index contributed by atoms with van der Waals surface area (Å²) in [7, 11) is -9.98. The van der Waals surface area contributed by atoms with E-state index in [1.165, 1.54) is 52.3 Å². The van der Waals surface area contributed by atoms with E-state index in [0.717, 1.165) is 12.5 Å². The molecule has 4 aromatic carbocycles. The molecule has 11 N–H and O–H groups in total. The van der Waals surface area contributed by atoms with Gasteiger partial charge < -0.3 is 71.0 Å². The van der Waals surface area contributed by atoms with E-state index in [4.69, 9.17) is 14.2 Å². The standard InChI is InChI=1S/C58H75N13O16S2/c1-5-32-85-33-6-7-47(76)40-12-17-44(18-13-40)61-52-64-50(65-55(67-52)70(24-28-72)25-29-73)37-39-8-9-41(48(36-39)88(79,80)81)10-11-42-14-21-46(38-49(42)89(82,83)84)63-54-66-53(68-56(69-54)71(26-30-74)27-31-75)62-45-19-15-43(16-20-45)51(77)59-22-34-86-35-23-60-57(78)87-58(2,3)4/h8-21,36,38,72-75H,5-7,22-35,37H2,1-4H3,(H,59,77)(H,60,78)(H,79,80,81)(H,82,83,84)(H,61,64,65,67)(H2,62,63,66,68,69)/b11-10+. The number of Topliss-reactive ketones (excluding diaryl/α,β-unsaturated/α-hetero) is 1. The number of nitrogens with zero attached hydrogens (tertiary/aromatic N) is 8. The highest BCUT2D eigenvalue weighted by Crippen LogP contribution is 2.29. The number of nitrogens with one attached hydrogen (secondary N) is 5. The van der Waals surface area contributed by atoms with Crippen molar-refractivity contribution in [1.29, 1.82) is 0 Å². The van der Waals surface area contributed by atoms with Crippen molar-refractivity contribution in [3.05, 3.63) is 119 Å². The number of hydrogen-bond acceptors (Lipinski definition) is 25. The first kappa shape index (κ1) is 69.7. The van der Waals surface area contributed by atoms with Crippen LogP contribution in [0.4, 0.5) is 51.6 Å². The van der Waals surface area contributed by atoms with E-state index in [-0.39, 0.29) is 149 Å². The molecule has 0 saturated carbocycles. The second kappa shape index (κ2) is 33.8. The number of benzene rings is 4. The topological polar surface area (TPSA) is 413 Å². The highest BCUT2D eigenvalue weighted by molar-refractivity contribution is 7.86. The first-order valence-corrected chi connectivity index (χ1v) is 31.2. The Bertz CT molecular complexity index is 3570. The van der Waals surface area contributed by atoms with Gasteiger partial charge in [0.2, 0.25) is 29.7 Å². The maximum Gasteiger partial charge on any atom is 0.407 e. The van der Waals surface area contributed by atoms with Crippen LogP contribution in [0.25, 0.3) is 12.2 Å². The first-order valence-electron chi connectivity index (χ1n) is 28.3. The van der Waals surface area contributed by atoms with E-state index in [1.807, 2.05) is 6.92 Å². The van der Waals surface area contributed by atoms with E-state index in [0.29, 0.717) is 54.1 Å². The van der Waals surface area contributed by atoms with E-state index < -0.39 is 41.7 Å². The van der Waals surface area contributed by atoms with Crippen molar-refractivity contribution in [2.45, 2.75) is 68.8 Å². The Hall–Kier alpha value is -8.37. The summed E-state index contributed by atoms with van der Waals surface area (Å²) in [6.45, 7) is 7.87. The fourth-order valence-corrected chi connectivity index (χ4v) is 9.77. The van der Waals surface area contributed by atoms with Gasteiger partial charge in [-0.05, 0) is 117 Å². The maximum absolute atomic E-state index is 13.0. The quantitative estimate of drug-likeness (QED) is 0.0109. The maximum atomic E-state index is 13.0. The van der Waals surface area contributed by atoms with Crippen LogP contribution in [0.3, 0.4) is 0 Å². The molecule has 480 valence electrons. The number of alkyl carbamates (subject to hydrolysis) is 1. The molecular formula is C58H75N13O16S2. The minimum absolute atomic E-state index is 0.00788. The lowest BCUT2D eigenvalue weighted by Crippen LogP contribution is -2.34. The van der Waals surface area contributed by atoms with E-state index in [1.54, 1.807) is 69.3 Å². The first-order chi connectivity index (χ1) is 42.5. The van der Waals surface area contributed by atoms with Crippen molar-refractivity contribution in [2.75, 3.05) is 118 Å². The fraction of sp³-hybridized carbons (Fsp3) is 0.397. The fourth-order valence-electron chi connectivity index (χ4n) is 8.33. The van der Waals surface area contributed by atoms with Gasteiger partial charge in [-0.25, -0.2) is 4.79 Å². The third kappa shape index (κ3) is 22.9. The van der Waals surface area contributed by atoms with Crippen LogP contribution >= 0.6 is 0 Å². The van der Waals surface area contributed by atoms with Gasteiger partial charge in [-0.1, -0.05) is 37.3 Å². The summed E-state index contributed by atoms with van der Waals surface area (Å²) < 4.78 is 89.1. The number of amides is 2. The van der Waals surface area contributed by atoms with Gasteiger partial charge in [0.15, 0.2) is 5.78 Å². The van der Waals surface area contributed by atoms with Crippen molar-refractivity contribution in [3.8, 4) is 0 Å². The van der Waals surface area contributed by atoms with Crippen LogP contribution in [0, 0.1) is 0 Å². The zero-order valence-corrected chi connectivity index (χ0v) is 51.3. The predicted molar refractivity (Wildman–Crippen MR) is 331 cm³/mol. The zero-order valence-electron chi connectivity index (χ0n) is 49.6. The molecular weight excluding hydrogens is 1200 g/mol. The monoisotopic (exact) mass is 1270 g/mol. The van der Waals surface area contributed by atoms with Crippen LogP contribution < -0.4 is 36.4 Å². The Kier molecular flexibility index (Phi) is 26.5. The Balaban J connectivity index is 1.19. The summed E-state index contributed by atoms with van der Waals surface area (Å²) >= 11 is 0. The summed E-state index contributed by atoms with van der Waals surface area (Å²) in [6.07, 6.45) is 3.50. The highest BCUT2D eigenvalue weighted by atomic mass is 32.2. The lowest BCUT2D eigenvalue weighted by molar-refractivity contribution is 0.0500. The molecule has 0 fully saturated rings. The number of carbonyl (C=O) groups is 3. The SMILES string of the molecule is CCCOCCCC(=O)c1ccc(Nc2nc(Cc3ccc(/C=C/c4ccc(Nc5nc(Nc6ccc(C(=O)NCCOCCNC(=O)OC(C)(C)C)cc6)nc(N(CCO)CCO)n5)cc4S(=O)(=O)O)c(S(=O)(=O)O)c3)nc(N(CCO)CCO)n2)cc1. The second-order valence-electron chi connectivity index (χ2n) is 20.6. The molecule has 0 aliphatic heterocycles. The number of anilines is 8. The zero-order chi connectivity index (χ0) is 64.6. The van der Waals surface area contributed by atoms with Gasteiger partial charge in [-0.3, -0.25) is 18.7 Å². The van der Waals surface area contributed by atoms with E-state index in [9.17, 15) is 60.8 Å². The summed E-state index contributed by atoms with van der Waals surface area (Å²) in [4.78, 5) is 66.2. The van der Waals surface area contributed by atoms with Crippen molar-refractivity contribution in [1.82, 2.24) is 40.5 Å². The number of ketones is 1.